The molecule has 27 heavy (non-hydrogen) atoms. The van der Waals surface area contributed by atoms with E-state index in [0.717, 1.165) is 22.7 Å². The van der Waals surface area contributed by atoms with Crippen molar-refractivity contribution in [2.45, 2.75) is 63.5 Å². The monoisotopic (exact) mass is 402 g/mol. The van der Waals surface area contributed by atoms with E-state index in [-0.39, 0.29) is 13.2 Å². The molecule has 154 valence electrons. The smallest absolute Gasteiger partial charge is 0.322 e. The van der Waals surface area contributed by atoms with Crippen molar-refractivity contribution in [3.63, 3.8) is 0 Å². The van der Waals surface area contributed by atoms with Crippen LogP contribution >= 0.6 is 0 Å². The summed E-state index contributed by atoms with van der Waals surface area (Å²) in [7, 11) is -3.83. The molecule has 0 bridgehead atoms. The van der Waals surface area contributed by atoms with Crippen LogP contribution < -0.4 is 5.90 Å². The van der Waals surface area contributed by atoms with Gasteiger partial charge < -0.3 is 15.1 Å². The van der Waals surface area contributed by atoms with E-state index >= 15 is 0 Å². The van der Waals surface area contributed by atoms with Crippen LogP contribution in [0.25, 0.3) is 0 Å². The van der Waals surface area contributed by atoms with Crippen LogP contribution in [0.2, 0.25) is 0 Å². The lowest BCUT2D eigenvalue weighted by molar-refractivity contribution is -0.142. The zero-order valence-corrected chi connectivity index (χ0v) is 16.5. The molecule has 0 radical (unpaired) electrons. The average molecular weight is 403 g/mol. The van der Waals surface area contributed by atoms with Gasteiger partial charge in [-0.1, -0.05) is 50.1 Å². The predicted octanol–water partition coefficient (Wildman–Crippen LogP) is 2.32. The molecule has 1 aromatic carbocycles. The van der Waals surface area contributed by atoms with Gasteiger partial charge in [-0.05, 0) is 31.2 Å². The van der Waals surface area contributed by atoms with Crippen molar-refractivity contribution in [3.8, 4) is 0 Å². The molecule has 1 heterocycles. The molecular formula is C18H30N2O6S. The molecule has 8 nitrogen and oxygen atoms in total. The highest BCUT2D eigenvalue weighted by Gasteiger charge is 2.41. The maximum Gasteiger partial charge on any atom is 0.322 e. The van der Waals surface area contributed by atoms with Gasteiger partial charge in [-0.2, -0.15) is 4.31 Å². The number of carboxylic acid groups (broad SMARTS) is 1. The Balaban J connectivity index is 0.00000176. The number of unbranched alkanes of at least 4 members (excludes halogenated alkanes) is 1. The minimum atomic E-state index is -3.83. The van der Waals surface area contributed by atoms with Crippen LogP contribution in [0.4, 0.5) is 0 Å². The van der Waals surface area contributed by atoms with E-state index in [0.29, 0.717) is 25.7 Å². The second kappa shape index (κ2) is 12.0. The van der Waals surface area contributed by atoms with Crippen LogP contribution in [-0.4, -0.2) is 47.0 Å². The fourth-order valence-electron chi connectivity index (χ4n) is 3.06. The third-order valence-electron chi connectivity index (χ3n) is 4.47. The number of rotatable bonds is 9. The van der Waals surface area contributed by atoms with E-state index in [2.05, 4.69) is 5.90 Å². The number of benzene rings is 1. The highest BCUT2D eigenvalue weighted by molar-refractivity contribution is 7.89. The van der Waals surface area contributed by atoms with Gasteiger partial charge in [0.1, 0.15) is 6.04 Å². The van der Waals surface area contributed by atoms with E-state index in [1.165, 1.54) is 0 Å². The minimum Gasteiger partial charge on any atom is -0.480 e. The van der Waals surface area contributed by atoms with Crippen molar-refractivity contribution in [3.05, 3.63) is 35.9 Å². The number of piperidine rings is 1. The van der Waals surface area contributed by atoms with Gasteiger partial charge in [0.2, 0.25) is 10.0 Å². The van der Waals surface area contributed by atoms with Crippen molar-refractivity contribution in [1.29, 1.82) is 0 Å². The average Bonchev–Trinajstić information content (AvgIpc) is 2.70. The molecule has 1 aliphatic rings. The Bertz CT molecular complexity index is 653. The summed E-state index contributed by atoms with van der Waals surface area (Å²) in [5.74, 6) is 2.42. The summed E-state index contributed by atoms with van der Waals surface area (Å²) in [4.78, 5) is 11.5. The Labute approximate surface area is 160 Å². The minimum absolute atomic E-state index is 0.194. The van der Waals surface area contributed by atoms with Crippen molar-refractivity contribution in [2.24, 2.45) is 5.90 Å². The zero-order chi connectivity index (χ0) is 20.3. The van der Waals surface area contributed by atoms with Gasteiger partial charge in [-0.25, -0.2) is 14.3 Å². The Morgan fingerprint density at radius 2 is 1.96 bits per heavy atom. The summed E-state index contributed by atoms with van der Waals surface area (Å²) in [5.41, 5.74) is -0.111. The lowest BCUT2D eigenvalue weighted by atomic mass is 10.1. The molecule has 1 aliphatic heterocycles. The quantitative estimate of drug-likeness (QED) is 0.540. The summed E-state index contributed by atoms with van der Waals surface area (Å²) >= 11 is 0. The number of carboxylic acids is 1. The summed E-state index contributed by atoms with van der Waals surface area (Å²) in [5, 5.41) is 15.9. The third-order valence-corrected chi connectivity index (χ3v) is 6.60. The molecule has 4 N–H and O–H groups in total. The number of hydrogen-bond donors (Lipinski definition) is 3. The summed E-state index contributed by atoms with van der Waals surface area (Å²) < 4.78 is 33.0. The van der Waals surface area contributed by atoms with Gasteiger partial charge in [0, 0.05) is 6.54 Å². The highest BCUT2D eigenvalue weighted by atomic mass is 32.2. The molecule has 1 fully saturated rings. The van der Waals surface area contributed by atoms with E-state index in [9.17, 15) is 18.3 Å². The summed E-state index contributed by atoms with van der Waals surface area (Å²) in [6.07, 6.45) is 3.70. The second-order valence-corrected chi connectivity index (χ2v) is 8.40. The maximum absolute atomic E-state index is 13.1. The van der Waals surface area contributed by atoms with Crippen molar-refractivity contribution < 1.29 is 28.3 Å². The number of ether oxygens (including phenoxy) is 1. The number of hydrogen-bond acceptors (Lipinski definition) is 6. The zero-order valence-electron chi connectivity index (χ0n) is 15.7. The first kappa shape index (κ1) is 23.5. The van der Waals surface area contributed by atoms with Crippen LogP contribution in [0.3, 0.4) is 0 Å². The number of aliphatic carboxylic acids is 1. The molecule has 0 spiro atoms. The number of sulfonamides is 1. The van der Waals surface area contributed by atoms with Gasteiger partial charge in [0.15, 0.2) is 5.44 Å². The van der Waals surface area contributed by atoms with Gasteiger partial charge in [0.05, 0.1) is 6.61 Å². The summed E-state index contributed by atoms with van der Waals surface area (Å²) in [6, 6.07) is 8.41. The van der Waals surface area contributed by atoms with E-state index in [4.69, 9.17) is 9.94 Å². The first-order valence-electron chi connectivity index (χ1n) is 9.11. The van der Waals surface area contributed by atoms with Crippen LogP contribution in [-0.2, 0) is 26.2 Å². The van der Waals surface area contributed by atoms with Crippen molar-refractivity contribution in [1.82, 2.24) is 4.31 Å². The first-order valence-corrected chi connectivity index (χ1v) is 10.6. The van der Waals surface area contributed by atoms with E-state index in [1.54, 1.807) is 0 Å². The Morgan fingerprint density at radius 3 is 2.56 bits per heavy atom. The standard InChI is InChI=1S/C18H27NO5S.H3NO/c1-2-3-12-17(24-14-15-9-5-4-6-10-15)25(22,23)19-13-8-7-11-16(19)18(20)21;1-2/h4-6,9-10,16-17H,2-3,7-8,11-14H2,1H3,(H,20,21);2H,1H2. The molecule has 0 aromatic heterocycles. The van der Waals surface area contributed by atoms with Crippen LogP contribution in [0, 0.1) is 0 Å². The second-order valence-electron chi connectivity index (χ2n) is 6.37. The highest BCUT2D eigenvalue weighted by Crippen LogP contribution is 2.26. The predicted molar refractivity (Wildman–Crippen MR) is 101 cm³/mol. The molecule has 2 atom stereocenters. The van der Waals surface area contributed by atoms with Crippen LogP contribution in [0.1, 0.15) is 51.0 Å². The van der Waals surface area contributed by atoms with E-state index < -0.39 is 27.5 Å². The Hall–Kier alpha value is -1.52. The fraction of sp³-hybridized carbons (Fsp3) is 0.611. The van der Waals surface area contributed by atoms with Gasteiger partial charge in [-0.3, -0.25) is 4.79 Å². The third kappa shape index (κ3) is 6.86. The van der Waals surface area contributed by atoms with E-state index in [1.807, 2.05) is 37.3 Å². The molecule has 9 heteroatoms. The molecule has 0 saturated carbocycles. The Morgan fingerprint density at radius 1 is 1.30 bits per heavy atom. The van der Waals surface area contributed by atoms with Gasteiger partial charge in [0.25, 0.3) is 0 Å². The SMILES string of the molecule is CCCCC(OCc1ccccc1)S(=O)(=O)N1CCCCC1C(=O)O.NO. The maximum atomic E-state index is 13.1. The normalized spacial score (nSPS) is 19.0. The molecule has 0 aliphatic carbocycles. The van der Waals surface area contributed by atoms with Crippen LogP contribution in [0.15, 0.2) is 30.3 Å². The van der Waals surface area contributed by atoms with Crippen molar-refractivity contribution >= 4 is 16.0 Å². The largest absolute Gasteiger partial charge is 0.480 e. The lowest BCUT2D eigenvalue weighted by Crippen LogP contribution is -2.51. The molecule has 2 rings (SSSR count). The molecule has 2 unspecified atom stereocenters. The fourth-order valence-corrected chi connectivity index (χ4v) is 5.00. The Kier molecular flexibility index (Phi) is 10.5. The van der Waals surface area contributed by atoms with Crippen molar-refractivity contribution in [2.75, 3.05) is 6.54 Å². The molecule has 1 aromatic rings. The summed E-state index contributed by atoms with van der Waals surface area (Å²) in [6.45, 7) is 2.43. The van der Waals surface area contributed by atoms with Gasteiger partial charge >= 0.3 is 5.97 Å². The number of carbonyl (C=O) groups is 1. The van der Waals surface area contributed by atoms with Gasteiger partial charge in [-0.15, -0.1) is 0 Å². The molecule has 0 amide bonds. The van der Waals surface area contributed by atoms with Crippen LogP contribution in [0.5, 0.6) is 0 Å². The first-order chi connectivity index (χ1) is 13.0. The number of nitrogens with zero attached hydrogens (tertiary/aromatic N) is 1. The lowest BCUT2D eigenvalue weighted by Gasteiger charge is -2.34. The topological polar surface area (TPSA) is 130 Å². The number of nitrogens with two attached hydrogens (primary N) is 1. The molecule has 1 saturated heterocycles. The molecular weight excluding hydrogens is 372 g/mol.